The highest BCUT2D eigenvalue weighted by molar-refractivity contribution is 5.44. The summed E-state index contributed by atoms with van der Waals surface area (Å²) in [5, 5.41) is 0. The lowest BCUT2D eigenvalue weighted by Crippen LogP contribution is -2.52. The van der Waals surface area contributed by atoms with Crippen molar-refractivity contribution in [3.63, 3.8) is 0 Å². The molecule has 0 aromatic carbocycles. The second kappa shape index (κ2) is 7.49. The number of likely N-dealkylation sites (N-methyl/N-ethyl adjacent to an activating group) is 1. The molecule has 0 spiro atoms. The summed E-state index contributed by atoms with van der Waals surface area (Å²) in [5.41, 5.74) is 1.18. The fraction of sp³-hybridized carbons (Fsp3) is 0.722. The number of methoxy groups -OCH3 is 1. The molecule has 1 aromatic heterocycles. The molecule has 3 heterocycles. The molecule has 5 nitrogen and oxygen atoms in total. The molecular weight excluding hydrogens is 288 g/mol. The Hall–Kier alpha value is -1.33. The summed E-state index contributed by atoms with van der Waals surface area (Å²) < 4.78 is 5.44. The van der Waals surface area contributed by atoms with E-state index in [1.165, 1.54) is 44.6 Å². The van der Waals surface area contributed by atoms with Gasteiger partial charge in [-0.05, 0) is 38.4 Å². The normalized spacial score (nSPS) is 21.6. The van der Waals surface area contributed by atoms with Gasteiger partial charge in [-0.15, -0.1) is 0 Å². The van der Waals surface area contributed by atoms with E-state index in [1.54, 1.807) is 7.11 Å². The molecule has 1 aromatic rings. The molecule has 0 saturated carbocycles. The lowest BCUT2D eigenvalue weighted by molar-refractivity contribution is 0.0981. The molecule has 5 heteroatoms. The first kappa shape index (κ1) is 16.5. The van der Waals surface area contributed by atoms with Crippen molar-refractivity contribution in [2.75, 3.05) is 58.3 Å². The number of pyridine rings is 1. The average Bonchev–Trinajstić information content (AvgIpc) is 2.62. The summed E-state index contributed by atoms with van der Waals surface area (Å²) in [5.74, 6) is 1.85. The van der Waals surface area contributed by atoms with Crippen LogP contribution in [-0.2, 0) is 6.42 Å². The Bertz CT molecular complexity index is 506. The highest BCUT2D eigenvalue weighted by atomic mass is 16.5. The number of aromatic nitrogens is 1. The SMILES string of the molecule is CCc1ccc(N2CCC(N3CCN(C)CC3)CC2)nc1OC. The summed E-state index contributed by atoms with van der Waals surface area (Å²) in [6.45, 7) is 9.18. The van der Waals surface area contributed by atoms with E-state index in [1.807, 2.05) is 0 Å². The van der Waals surface area contributed by atoms with Crippen LogP contribution in [0, 0.1) is 0 Å². The summed E-state index contributed by atoms with van der Waals surface area (Å²) in [4.78, 5) is 12.2. The number of hydrogen-bond acceptors (Lipinski definition) is 5. The molecule has 0 amide bonds. The van der Waals surface area contributed by atoms with Crippen molar-refractivity contribution in [3.05, 3.63) is 17.7 Å². The lowest BCUT2D eigenvalue weighted by Gasteiger charge is -2.42. The predicted molar refractivity (Wildman–Crippen MR) is 94.5 cm³/mol. The minimum Gasteiger partial charge on any atom is -0.481 e. The van der Waals surface area contributed by atoms with Gasteiger partial charge < -0.3 is 14.5 Å². The Balaban J connectivity index is 1.58. The van der Waals surface area contributed by atoms with E-state index in [-0.39, 0.29) is 0 Å². The molecule has 2 aliphatic rings. The predicted octanol–water partition coefficient (Wildman–Crippen LogP) is 1.87. The molecule has 23 heavy (non-hydrogen) atoms. The van der Waals surface area contributed by atoms with Crippen LogP contribution in [0.4, 0.5) is 5.82 Å². The van der Waals surface area contributed by atoms with Crippen LogP contribution in [0.3, 0.4) is 0 Å². The third-order valence-electron chi connectivity index (χ3n) is 5.34. The second-order valence-corrected chi connectivity index (χ2v) is 6.75. The van der Waals surface area contributed by atoms with Gasteiger partial charge in [-0.3, -0.25) is 4.90 Å². The second-order valence-electron chi connectivity index (χ2n) is 6.75. The fourth-order valence-corrected chi connectivity index (χ4v) is 3.73. The van der Waals surface area contributed by atoms with Gasteiger partial charge in [0.2, 0.25) is 5.88 Å². The van der Waals surface area contributed by atoms with Crippen LogP contribution in [0.1, 0.15) is 25.3 Å². The fourth-order valence-electron chi connectivity index (χ4n) is 3.73. The standard InChI is InChI=1S/C18H30N4O/c1-4-15-5-6-17(19-18(15)23-3)22-9-7-16(8-10-22)21-13-11-20(2)12-14-21/h5-6,16H,4,7-14H2,1-3H3. The quantitative estimate of drug-likeness (QED) is 0.846. The van der Waals surface area contributed by atoms with Crippen molar-refractivity contribution in [1.82, 2.24) is 14.8 Å². The molecule has 0 aliphatic carbocycles. The number of hydrogen-bond donors (Lipinski definition) is 0. The maximum Gasteiger partial charge on any atom is 0.218 e. The van der Waals surface area contributed by atoms with Crippen LogP contribution in [0.5, 0.6) is 5.88 Å². The zero-order valence-corrected chi connectivity index (χ0v) is 14.8. The Labute approximate surface area is 140 Å². The van der Waals surface area contributed by atoms with Gasteiger partial charge in [-0.2, -0.15) is 4.98 Å². The first-order valence-electron chi connectivity index (χ1n) is 8.92. The molecule has 2 fully saturated rings. The highest BCUT2D eigenvalue weighted by Crippen LogP contribution is 2.25. The molecule has 0 bridgehead atoms. The number of rotatable bonds is 4. The van der Waals surface area contributed by atoms with Crippen molar-refractivity contribution < 1.29 is 4.74 Å². The van der Waals surface area contributed by atoms with Crippen LogP contribution >= 0.6 is 0 Å². The number of aryl methyl sites for hydroxylation is 1. The van der Waals surface area contributed by atoms with Gasteiger partial charge in [0, 0.05) is 50.9 Å². The van der Waals surface area contributed by atoms with Crippen LogP contribution in [0.2, 0.25) is 0 Å². The Morgan fingerprint density at radius 1 is 1.09 bits per heavy atom. The summed E-state index contributed by atoms with van der Waals surface area (Å²) >= 11 is 0. The van der Waals surface area contributed by atoms with Gasteiger partial charge in [0.15, 0.2) is 0 Å². The van der Waals surface area contributed by atoms with E-state index in [0.29, 0.717) is 0 Å². The van der Waals surface area contributed by atoms with Gasteiger partial charge in [0.25, 0.3) is 0 Å². The van der Waals surface area contributed by atoms with Crippen LogP contribution in [-0.4, -0.2) is 74.3 Å². The first-order chi connectivity index (χ1) is 11.2. The van der Waals surface area contributed by atoms with Crippen LogP contribution in [0.25, 0.3) is 0 Å². The molecule has 2 aliphatic heterocycles. The molecule has 0 N–H and O–H groups in total. The maximum atomic E-state index is 5.44. The van der Waals surface area contributed by atoms with Crippen molar-refractivity contribution in [3.8, 4) is 5.88 Å². The molecule has 2 saturated heterocycles. The van der Waals surface area contributed by atoms with Crippen LogP contribution in [0.15, 0.2) is 12.1 Å². The van der Waals surface area contributed by atoms with E-state index in [4.69, 9.17) is 9.72 Å². The van der Waals surface area contributed by atoms with Gasteiger partial charge >= 0.3 is 0 Å². The largest absolute Gasteiger partial charge is 0.481 e. The number of ether oxygens (including phenoxy) is 1. The molecule has 128 valence electrons. The minimum absolute atomic E-state index is 0.747. The number of anilines is 1. The number of nitrogens with zero attached hydrogens (tertiary/aromatic N) is 4. The van der Waals surface area contributed by atoms with Gasteiger partial charge in [-0.1, -0.05) is 6.92 Å². The molecule has 0 atom stereocenters. The van der Waals surface area contributed by atoms with E-state index >= 15 is 0 Å². The van der Waals surface area contributed by atoms with Gasteiger partial charge in [0.1, 0.15) is 5.82 Å². The Kier molecular flexibility index (Phi) is 5.38. The highest BCUT2D eigenvalue weighted by Gasteiger charge is 2.27. The first-order valence-corrected chi connectivity index (χ1v) is 8.92. The smallest absolute Gasteiger partial charge is 0.218 e. The van der Waals surface area contributed by atoms with Gasteiger partial charge in [0.05, 0.1) is 7.11 Å². The van der Waals surface area contributed by atoms with Crippen molar-refractivity contribution in [1.29, 1.82) is 0 Å². The Morgan fingerprint density at radius 3 is 2.39 bits per heavy atom. The average molecular weight is 318 g/mol. The van der Waals surface area contributed by atoms with Gasteiger partial charge in [-0.25, -0.2) is 0 Å². The van der Waals surface area contributed by atoms with Crippen molar-refractivity contribution in [2.45, 2.75) is 32.2 Å². The molecular formula is C18H30N4O. The Morgan fingerprint density at radius 2 is 1.78 bits per heavy atom. The van der Waals surface area contributed by atoms with Crippen molar-refractivity contribution >= 4 is 5.82 Å². The third kappa shape index (κ3) is 3.78. The molecule has 0 unspecified atom stereocenters. The van der Waals surface area contributed by atoms with E-state index in [2.05, 4.69) is 40.8 Å². The zero-order valence-electron chi connectivity index (χ0n) is 14.8. The number of piperazine rings is 1. The third-order valence-corrected chi connectivity index (χ3v) is 5.34. The maximum absolute atomic E-state index is 5.44. The van der Waals surface area contributed by atoms with E-state index in [9.17, 15) is 0 Å². The molecule has 3 rings (SSSR count). The number of piperidine rings is 1. The van der Waals surface area contributed by atoms with E-state index < -0.39 is 0 Å². The van der Waals surface area contributed by atoms with Crippen LogP contribution < -0.4 is 9.64 Å². The topological polar surface area (TPSA) is 31.8 Å². The minimum atomic E-state index is 0.747. The molecule has 0 radical (unpaired) electrons. The summed E-state index contributed by atoms with van der Waals surface area (Å²) in [6.07, 6.45) is 3.44. The van der Waals surface area contributed by atoms with Crippen molar-refractivity contribution in [2.24, 2.45) is 0 Å². The summed E-state index contributed by atoms with van der Waals surface area (Å²) in [7, 11) is 3.93. The monoisotopic (exact) mass is 318 g/mol. The van der Waals surface area contributed by atoms with E-state index in [0.717, 1.165) is 37.3 Å². The zero-order chi connectivity index (χ0) is 16.2. The summed E-state index contributed by atoms with van der Waals surface area (Å²) in [6, 6.07) is 5.06. The lowest BCUT2D eigenvalue weighted by atomic mass is 10.0.